The van der Waals surface area contributed by atoms with Gasteiger partial charge in [0, 0.05) is 12.6 Å². The van der Waals surface area contributed by atoms with Crippen LogP contribution in [0.3, 0.4) is 0 Å². The predicted octanol–water partition coefficient (Wildman–Crippen LogP) is 2.92. The Kier molecular flexibility index (Phi) is 4.63. The van der Waals surface area contributed by atoms with Crippen LogP contribution in [0.15, 0.2) is 24.3 Å². The van der Waals surface area contributed by atoms with Crippen molar-refractivity contribution in [1.29, 1.82) is 0 Å². The van der Waals surface area contributed by atoms with Crippen molar-refractivity contribution < 1.29 is 5.11 Å². The number of hydrogen-bond donors (Lipinski definition) is 2. The molecule has 0 radical (unpaired) electrons. The minimum absolute atomic E-state index is 0.328. The van der Waals surface area contributed by atoms with E-state index in [2.05, 4.69) is 26.1 Å². The molecule has 2 nitrogen and oxygen atoms in total. The van der Waals surface area contributed by atoms with E-state index in [4.69, 9.17) is 5.11 Å². The summed E-state index contributed by atoms with van der Waals surface area (Å²) in [6, 6.07) is 7.89. The number of hydrogen-bond acceptors (Lipinski definition) is 2. The molecule has 15 heavy (non-hydrogen) atoms. The average Bonchev–Trinajstić information content (AvgIpc) is 2.16. The van der Waals surface area contributed by atoms with E-state index >= 15 is 0 Å². The highest BCUT2D eigenvalue weighted by Crippen LogP contribution is 2.10. The lowest BCUT2D eigenvalue weighted by Crippen LogP contribution is -2.26. The van der Waals surface area contributed by atoms with Crippen LogP contribution in [0.25, 0.3) is 0 Å². The van der Waals surface area contributed by atoms with Gasteiger partial charge in [0.1, 0.15) is 5.75 Å². The van der Waals surface area contributed by atoms with Crippen molar-refractivity contribution in [1.82, 2.24) is 5.32 Å². The first-order valence-corrected chi connectivity index (χ1v) is 5.59. The molecule has 0 aliphatic carbocycles. The molecule has 2 heteroatoms. The van der Waals surface area contributed by atoms with Crippen molar-refractivity contribution in [2.45, 2.75) is 39.8 Å². The van der Waals surface area contributed by atoms with Crippen LogP contribution in [0, 0.1) is 5.92 Å². The van der Waals surface area contributed by atoms with Crippen LogP contribution in [-0.2, 0) is 6.54 Å². The Balaban J connectivity index is 2.33. The molecule has 1 rings (SSSR count). The molecule has 84 valence electrons. The highest BCUT2D eigenvalue weighted by atomic mass is 16.3. The highest BCUT2D eigenvalue weighted by Gasteiger charge is 2.03. The summed E-state index contributed by atoms with van der Waals surface area (Å²) < 4.78 is 0. The molecular weight excluding hydrogens is 186 g/mol. The van der Waals surface area contributed by atoms with E-state index in [-0.39, 0.29) is 0 Å². The van der Waals surface area contributed by atoms with E-state index in [0.717, 1.165) is 12.5 Å². The molecule has 0 saturated heterocycles. The van der Waals surface area contributed by atoms with E-state index < -0.39 is 0 Å². The summed E-state index contributed by atoms with van der Waals surface area (Å²) in [5.41, 5.74) is 1.21. The molecule has 1 aromatic carbocycles. The number of benzene rings is 1. The molecule has 0 saturated carbocycles. The predicted molar refractivity (Wildman–Crippen MR) is 63.9 cm³/mol. The van der Waals surface area contributed by atoms with Crippen LogP contribution < -0.4 is 5.32 Å². The Labute approximate surface area is 92.3 Å². The van der Waals surface area contributed by atoms with Gasteiger partial charge >= 0.3 is 0 Å². The van der Waals surface area contributed by atoms with E-state index in [1.54, 1.807) is 12.1 Å². The number of aromatic hydroxyl groups is 1. The third kappa shape index (κ3) is 4.84. The number of rotatable bonds is 5. The van der Waals surface area contributed by atoms with Gasteiger partial charge in [-0.1, -0.05) is 26.0 Å². The van der Waals surface area contributed by atoms with E-state index in [0.29, 0.717) is 11.8 Å². The Bertz CT molecular complexity index is 279. The zero-order valence-corrected chi connectivity index (χ0v) is 9.83. The van der Waals surface area contributed by atoms with Crippen LogP contribution in [0.5, 0.6) is 5.75 Å². The van der Waals surface area contributed by atoms with Crippen molar-refractivity contribution in [2.24, 2.45) is 5.92 Å². The van der Waals surface area contributed by atoms with Crippen molar-refractivity contribution >= 4 is 0 Å². The maximum atomic E-state index is 9.13. The summed E-state index contributed by atoms with van der Waals surface area (Å²) in [4.78, 5) is 0. The summed E-state index contributed by atoms with van der Waals surface area (Å²) in [5.74, 6) is 1.06. The van der Waals surface area contributed by atoms with Gasteiger partial charge in [-0.25, -0.2) is 0 Å². The van der Waals surface area contributed by atoms with Crippen molar-refractivity contribution in [2.75, 3.05) is 0 Å². The first-order chi connectivity index (χ1) is 7.08. The van der Waals surface area contributed by atoms with Crippen LogP contribution >= 0.6 is 0 Å². The smallest absolute Gasteiger partial charge is 0.115 e. The van der Waals surface area contributed by atoms with Crippen LogP contribution in [0.4, 0.5) is 0 Å². The maximum Gasteiger partial charge on any atom is 0.115 e. The SMILES string of the molecule is CC(C)CC(C)NCc1ccc(O)cc1. The van der Waals surface area contributed by atoms with E-state index in [1.807, 2.05) is 12.1 Å². The molecule has 1 atom stereocenters. The van der Waals surface area contributed by atoms with Crippen molar-refractivity contribution in [3.8, 4) is 5.75 Å². The lowest BCUT2D eigenvalue weighted by Gasteiger charge is -2.15. The van der Waals surface area contributed by atoms with E-state index in [1.165, 1.54) is 12.0 Å². The Hall–Kier alpha value is -1.02. The molecule has 1 unspecified atom stereocenters. The van der Waals surface area contributed by atoms with Crippen molar-refractivity contribution in [3.05, 3.63) is 29.8 Å². The Morgan fingerprint density at radius 1 is 1.13 bits per heavy atom. The van der Waals surface area contributed by atoms with Gasteiger partial charge in [0.25, 0.3) is 0 Å². The van der Waals surface area contributed by atoms with Crippen LogP contribution in [-0.4, -0.2) is 11.1 Å². The second-order valence-corrected chi connectivity index (χ2v) is 4.58. The van der Waals surface area contributed by atoms with Gasteiger partial charge in [-0.05, 0) is 37.0 Å². The summed E-state index contributed by atoms with van der Waals surface area (Å²) in [6.45, 7) is 7.55. The summed E-state index contributed by atoms with van der Waals surface area (Å²) >= 11 is 0. The first kappa shape index (κ1) is 12.1. The number of phenols is 1. The molecule has 0 heterocycles. The summed E-state index contributed by atoms with van der Waals surface area (Å²) in [5, 5.41) is 12.6. The van der Waals surface area contributed by atoms with Gasteiger partial charge in [0.15, 0.2) is 0 Å². The fourth-order valence-corrected chi connectivity index (χ4v) is 1.70. The van der Waals surface area contributed by atoms with Gasteiger partial charge in [-0.3, -0.25) is 0 Å². The highest BCUT2D eigenvalue weighted by molar-refractivity contribution is 5.25. The topological polar surface area (TPSA) is 32.3 Å². The summed E-state index contributed by atoms with van der Waals surface area (Å²) in [6.07, 6.45) is 1.19. The van der Waals surface area contributed by atoms with Gasteiger partial charge in [0.05, 0.1) is 0 Å². The molecule has 0 aliphatic heterocycles. The zero-order valence-electron chi connectivity index (χ0n) is 9.83. The van der Waals surface area contributed by atoms with Gasteiger partial charge in [-0.15, -0.1) is 0 Å². The quantitative estimate of drug-likeness (QED) is 0.778. The first-order valence-electron chi connectivity index (χ1n) is 5.59. The van der Waals surface area contributed by atoms with Crippen LogP contribution in [0.1, 0.15) is 32.8 Å². The monoisotopic (exact) mass is 207 g/mol. The minimum atomic E-state index is 0.328. The average molecular weight is 207 g/mol. The Morgan fingerprint density at radius 3 is 2.27 bits per heavy atom. The molecule has 0 amide bonds. The zero-order chi connectivity index (χ0) is 11.3. The molecule has 0 fully saturated rings. The number of phenolic OH excluding ortho intramolecular Hbond substituents is 1. The standard InChI is InChI=1S/C13H21NO/c1-10(2)8-11(3)14-9-12-4-6-13(15)7-5-12/h4-7,10-11,14-15H,8-9H2,1-3H3. The van der Waals surface area contributed by atoms with Gasteiger partial charge in [-0.2, -0.15) is 0 Å². The molecule has 2 N–H and O–H groups in total. The second kappa shape index (κ2) is 5.76. The maximum absolute atomic E-state index is 9.13. The molecule has 1 aromatic rings. The molecular formula is C13H21NO. The second-order valence-electron chi connectivity index (χ2n) is 4.58. The van der Waals surface area contributed by atoms with Crippen LogP contribution in [0.2, 0.25) is 0 Å². The largest absolute Gasteiger partial charge is 0.508 e. The van der Waals surface area contributed by atoms with Gasteiger partial charge < -0.3 is 10.4 Å². The molecule has 0 spiro atoms. The third-order valence-corrected chi connectivity index (χ3v) is 2.42. The molecule has 0 bridgehead atoms. The van der Waals surface area contributed by atoms with Crippen molar-refractivity contribution in [3.63, 3.8) is 0 Å². The normalized spacial score (nSPS) is 13.1. The van der Waals surface area contributed by atoms with Gasteiger partial charge in [0.2, 0.25) is 0 Å². The molecule has 0 aromatic heterocycles. The third-order valence-electron chi connectivity index (χ3n) is 2.42. The lowest BCUT2D eigenvalue weighted by atomic mass is 10.1. The Morgan fingerprint density at radius 2 is 1.73 bits per heavy atom. The fourth-order valence-electron chi connectivity index (χ4n) is 1.70. The molecule has 0 aliphatic rings. The number of nitrogens with one attached hydrogen (secondary N) is 1. The minimum Gasteiger partial charge on any atom is -0.508 e. The van der Waals surface area contributed by atoms with E-state index in [9.17, 15) is 0 Å². The fraction of sp³-hybridized carbons (Fsp3) is 0.538. The summed E-state index contributed by atoms with van der Waals surface area (Å²) in [7, 11) is 0. The lowest BCUT2D eigenvalue weighted by molar-refractivity contribution is 0.441.